The molecule has 0 aliphatic carbocycles. The number of rotatable bonds is 7. The van der Waals surface area contributed by atoms with Crippen molar-refractivity contribution in [1.29, 1.82) is 0 Å². The first kappa shape index (κ1) is 22.5. The summed E-state index contributed by atoms with van der Waals surface area (Å²) in [6.07, 6.45) is 2.49. The molecule has 0 radical (unpaired) electrons. The van der Waals surface area contributed by atoms with Gasteiger partial charge in [-0.05, 0) is 56.7 Å². The topological polar surface area (TPSA) is 3.24 Å². The lowest BCUT2D eigenvalue weighted by Gasteiger charge is -2.26. The summed E-state index contributed by atoms with van der Waals surface area (Å²) in [4.78, 5) is 2.65. The molecule has 4 aromatic rings. The molecule has 1 aliphatic heterocycles. The van der Waals surface area contributed by atoms with Crippen LogP contribution in [-0.2, 0) is 0 Å². The lowest BCUT2D eigenvalue weighted by atomic mass is 10.2. The van der Waals surface area contributed by atoms with Crippen LogP contribution < -0.4 is 21.2 Å². The number of likely N-dealkylation sites (tertiary alicyclic amines) is 1. The summed E-state index contributed by atoms with van der Waals surface area (Å²) in [6, 6.07) is 45.4. The van der Waals surface area contributed by atoms with Crippen molar-refractivity contribution in [1.82, 2.24) is 4.90 Å². The van der Waals surface area contributed by atoms with Gasteiger partial charge in [-0.25, -0.2) is 0 Å². The predicted molar refractivity (Wildman–Crippen MR) is 148 cm³/mol. The zero-order valence-corrected chi connectivity index (χ0v) is 21.0. The van der Waals surface area contributed by atoms with E-state index in [1.54, 1.807) is 0 Å². The number of benzene rings is 4. The summed E-state index contributed by atoms with van der Waals surface area (Å²) in [5.41, 5.74) is 0.684. The van der Waals surface area contributed by atoms with Gasteiger partial charge in [0.1, 0.15) is 0 Å². The maximum absolute atomic E-state index is 2.65. The summed E-state index contributed by atoms with van der Waals surface area (Å²) in [7, 11) is 1.60. The summed E-state index contributed by atoms with van der Waals surface area (Å²) in [5, 5.41) is 5.99. The molecule has 0 N–H and O–H groups in total. The van der Waals surface area contributed by atoms with Crippen LogP contribution in [0.3, 0.4) is 0 Å². The molecule has 1 saturated heterocycles. The molecule has 0 amide bonds. The summed E-state index contributed by atoms with van der Waals surface area (Å²) in [6.45, 7) is 1.17. The molecule has 0 aromatic heterocycles. The fourth-order valence-corrected chi connectivity index (χ4v) is 10.6. The van der Waals surface area contributed by atoms with Crippen LogP contribution in [0, 0.1) is 0 Å². The molecule has 0 bridgehead atoms. The zero-order valence-electron chi connectivity index (χ0n) is 19.2. The Kier molecular flexibility index (Phi) is 7.33. The molecular weight excluding hydrogens is 436 g/mol. The van der Waals surface area contributed by atoms with Gasteiger partial charge in [0.2, 0.25) is 0 Å². The van der Waals surface area contributed by atoms with E-state index >= 15 is 0 Å². The molecule has 0 spiro atoms. The van der Waals surface area contributed by atoms with Crippen LogP contribution in [0.25, 0.3) is 0 Å². The van der Waals surface area contributed by atoms with Crippen LogP contribution in [0.15, 0.2) is 121 Å². The Morgan fingerprint density at radius 1 is 0.606 bits per heavy atom. The van der Waals surface area contributed by atoms with Crippen molar-refractivity contribution in [2.45, 2.75) is 18.1 Å². The van der Waals surface area contributed by atoms with Crippen LogP contribution in [0.1, 0.15) is 6.42 Å². The average Bonchev–Trinajstić information content (AvgIpc) is 3.24. The number of hydrogen-bond donors (Lipinski definition) is 0. The lowest BCUT2D eigenvalue weighted by Crippen LogP contribution is -2.31. The van der Waals surface area contributed by atoms with Gasteiger partial charge in [-0.2, -0.15) is 0 Å². The molecule has 0 saturated carbocycles. The van der Waals surface area contributed by atoms with Crippen molar-refractivity contribution >= 4 is 37.1 Å². The molecule has 166 valence electrons. The minimum absolute atomic E-state index is 0.370. The largest absolute Gasteiger partial charge is 0.302 e. The van der Waals surface area contributed by atoms with Crippen molar-refractivity contribution in [2.75, 3.05) is 19.8 Å². The van der Waals surface area contributed by atoms with E-state index in [1.807, 2.05) is 0 Å². The fourth-order valence-electron chi connectivity index (χ4n) is 4.99. The second kappa shape index (κ2) is 10.8. The van der Waals surface area contributed by atoms with Gasteiger partial charge < -0.3 is 4.90 Å². The Labute approximate surface area is 201 Å². The van der Waals surface area contributed by atoms with E-state index in [0.717, 1.165) is 0 Å². The van der Waals surface area contributed by atoms with Gasteiger partial charge in [-0.3, -0.25) is 0 Å². The van der Waals surface area contributed by atoms with Gasteiger partial charge in [-0.15, -0.1) is 0 Å². The molecule has 1 fully saturated rings. The molecule has 33 heavy (non-hydrogen) atoms. The van der Waals surface area contributed by atoms with Gasteiger partial charge >= 0.3 is 0 Å². The number of nitrogens with zero attached hydrogens (tertiary/aromatic N) is 1. The Morgan fingerprint density at radius 3 is 1.42 bits per heavy atom. The minimum atomic E-state index is -0.373. The minimum Gasteiger partial charge on any atom is -0.302 e. The van der Waals surface area contributed by atoms with Gasteiger partial charge in [0.25, 0.3) is 0 Å². The third-order valence-electron chi connectivity index (χ3n) is 6.63. The van der Waals surface area contributed by atoms with E-state index in [2.05, 4.69) is 133 Å². The average molecular weight is 468 g/mol. The Balaban J connectivity index is 1.42. The second-order valence-corrected chi connectivity index (χ2v) is 13.6. The first-order valence-electron chi connectivity index (χ1n) is 11.8. The monoisotopic (exact) mass is 467 g/mol. The van der Waals surface area contributed by atoms with Crippen LogP contribution in [0.2, 0.25) is 0 Å². The second-order valence-electron chi connectivity index (χ2n) is 8.81. The van der Waals surface area contributed by atoms with Crippen LogP contribution >= 0.6 is 15.8 Å². The third kappa shape index (κ3) is 5.28. The van der Waals surface area contributed by atoms with Crippen molar-refractivity contribution in [3.63, 3.8) is 0 Å². The smallest absolute Gasteiger partial charge is 0.0144 e. The highest BCUT2D eigenvalue weighted by Gasteiger charge is 2.37. The van der Waals surface area contributed by atoms with Gasteiger partial charge in [-0.1, -0.05) is 121 Å². The number of hydrogen-bond acceptors (Lipinski definition) is 1. The highest BCUT2D eigenvalue weighted by atomic mass is 31.1. The summed E-state index contributed by atoms with van der Waals surface area (Å²) >= 11 is 0. The standard InChI is InChI=1S/C30H31NP2/c1-31-23-30(33(28-18-10-4-11-19-28)29-20-12-5-13-21-29)22-25(31)24-32(26-14-6-2-7-15-26)27-16-8-3-9-17-27/h2-21,25,30H,22-24H2,1H3. The van der Waals surface area contributed by atoms with Gasteiger partial charge in [0.15, 0.2) is 0 Å². The van der Waals surface area contributed by atoms with E-state index in [0.29, 0.717) is 11.7 Å². The lowest BCUT2D eigenvalue weighted by molar-refractivity contribution is 0.334. The Hall–Kier alpha value is -2.30. The van der Waals surface area contributed by atoms with E-state index in [-0.39, 0.29) is 15.8 Å². The van der Waals surface area contributed by atoms with E-state index in [9.17, 15) is 0 Å². The van der Waals surface area contributed by atoms with E-state index in [4.69, 9.17) is 0 Å². The molecule has 4 aromatic carbocycles. The third-order valence-corrected chi connectivity index (χ3v) is 12.1. The van der Waals surface area contributed by atoms with Crippen LogP contribution in [0.5, 0.6) is 0 Å². The van der Waals surface area contributed by atoms with Gasteiger partial charge in [0, 0.05) is 18.2 Å². The maximum Gasteiger partial charge on any atom is 0.0144 e. The first-order valence-corrected chi connectivity index (χ1v) is 14.7. The highest BCUT2D eigenvalue weighted by molar-refractivity contribution is 7.74. The molecule has 1 nitrogen and oxygen atoms in total. The maximum atomic E-state index is 2.65. The van der Waals surface area contributed by atoms with Crippen molar-refractivity contribution < 1.29 is 0 Å². The SMILES string of the molecule is CN1CC(P(c2ccccc2)c2ccccc2)CC1CP(c1ccccc1)c1ccccc1. The summed E-state index contributed by atoms with van der Waals surface area (Å²) < 4.78 is 0. The molecular formula is C30H31NP2. The van der Waals surface area contributed by atoms with E-state index < -0.39 is 0 Å². The summed E-state index contributed by atoms with van der Waals surface area (Å²) in [5.74, 6) is 0. The van der Waals surface area contributed by atoms with Crippen molar-refractivity contribution in [3.8, 4) is 0 Å². The quantitative estimate of drug-likeness (QED) is 0.333. The van der Waals surface area contributed by atoms with Crippen LogP contribution in [0.4, 0.5) is 0 Å². The Bertz CT molecular complexity index is 1040. The van der Waals surface area contributed by atoms with E-state index in [1.165, 1.54) is 40.3 Å². The Morgan fingerprint density at radius 2 is 1.00 bits per heavy atom. The molecule has 1 heterocycles. The molecule has 1 aliphatic rings. The molecule has 2 unspecified atom stereocenters. The molecule has 3 heteroatoms. The molecule has 5 rings (SSSR count). The first-order chi connectivity index (χ1) is 16.3. The predicted octanol–water partition coefficient (Wildman–Crippen LogP) is 5.32. The zero-order chi connectivity index (χ0) is 22.5. The van der Waals surface area contributed by atoms with Crippen molar-refractivity contribution in [3.05, 3.63) is 121 Å². The highest BCUT2D eigenvalue weighted by Crippen LogP contribution is 2.47. The van der Waals surface area contributed by atoms with Crippen LogP contribution in [-0.4, -0.2) is 36.4 Å². The molecule has 2 atom stereocenters. The van der Waals surface area contributed by atoms with Gasteiger partial charge in [0.05, 0.1) is 0 Å². The normalized spacial score (nSPS) is 18.8. The fraction of sp³-hybridized carbons (Fsp3) is 0.200. The van der Waals surface area contributed by atoms with Crippen molar-refractivity contribution in [2.24, 2.45) is 0 Å².